The van der Waals surface area contributed by atoms with Gasteiger partial charge in [-0.2, -0.15) is 17.6 Å². The molecule has 0 unspecified atom stereocenters. The largest absolute Gasteiger partial charge is 0.573 e. The van der Waals surface area contributed by atoms with Crippen LogP contribution in [0, 0.1) is 0 Å². The molecule has 3 aromatic carbocycles. The molecule has 3 aromatic rings. The van der Waals surface area contributed by atoms with Gasteiger partial charge in [0, 0.05) is 0 Å². The minimum absolute atomic E-state index is 0.344. The summed E-state index contributed by atoms with van der Waals surface area (Å²) in [6, 6.07) is 12.8. The van der Waals surface area contributed by atoms with Crippen LogP contribution in [0.5, 0.6) is 17.2 Å². The van der Waals surface area contributed by atoms with Crippen LogP contribution in [0.4, 0.5) is 30.7 Å². The molecule has 0 bridgehead atoms. The standard InChI is InChI=1S/C28H27F7O3/c1-2-3-4-5-6-7-20-8-10-21(11-9-20)26(29,30)36-23-14-12-22(13-15-23)27(31,32)37-24-16-18-25(19-17-24)38-28(33,34)35/h8-19H,2-7H2,1H3. The first-order valence-electron chi connectivity index (χ1n) is 12.1. The molecule has 0 heterocycles. The number of aryl methyl sites for hydroxylation is 1. The van der Waals surface area contributed by atoms with Gasteiger partial charge in [-0.05, 0) is 79.1 Å². The fourth-order valence-corrected chi connectivity index (χ4v) is 3.64. The summed E-state index contributed by atoms with van der Waals surface area (Å²) in [7, 11) is 0. The van der Waals surface area contributed by atoms with E-state index in [1.165, 1.54) is 18.6 Å². The Morgan fingerprint density at radius 1 is 0.500 bits per heavy atom. The van der Waals surface area contributed by atoms with Crippen molar-refractivity contribution in [2.24, 2.45) is 0 Å². The molecular weight excluding hydrogens is 517 g/mol. The SMILES string of the molecule is CCCCCCCc1ccc(C(F)(F)Oc2ccc(C(F)(F)Oc3ccc(OC(F)(F)F)cc3)cc2)cc1. The molecule has 0 fully saturated rings. The maximum Gasteiger partial charge on any atom is 0.573 e. The van der Waals surface area contributed by atoms with Crippen molar-refractivity contribution in [2.75, 3.05) is 0 Å². The van der Waals surface area contributed by atoms with E-state index in [1.807, 2.05) is 0 Å². The second-order valence-electron chi connectivity index (χ2n) is 8.64. The Morgan fingerprint density at radius 3 is 1.34 bits per heavy atom. The van der Waals surface area contributed by atoms with Crippen molar-refractivity contribution in [3.63, 3.8) is 0 Å². The average Bonchev–Trinajstić information content (AvgIpc) is 2.84. The molecule has 0 amide bonds. The summed E-state index contributed by atoms with van der Waals surface area (Å²) < 4.78 is 108. The molecule has 0 aromatic heterocycles. The van der Waals surface area contributed by atoms with Crippen molar-refractivity contribution in [3.8, 4) is 17.2 Å². The second-order valence-corrected chi connectivity index (χ2v) is 8.64. The van der Waals surface area contributed by atoms with Crippen LogP contribution in [0.2, 0.25) is 0 Å². The third-order valence-corrected chi connectivity index (χ3v) is 5.60. The van der Waals surface area contributed by atoms with Crippen LogP contribution in [0.3, 0.4) is 0 Å². The van der Waals surface area contributed by atoms with Gasteiger partial charge in [0.25, 0.3) is 0 Å². The molecule has 206 valence electrons. The molecule has 0 aliphatic carbocycles. The summed E-state index contributed by atoms with van der Waals surface area (Å²) in [4.78, 5) is 0. The minimum Gasteiger partial charge on any atom is -0.429 e. The lowest BCUT2D eigenvalue weighted by Crippen LogP contribution is -2.23. The van der Waals surface area contributed by atoms with Crippen LogP contribution in [0.25, 0.3) is 0 Å². The van der Waals surface area contributed by atoms with Gasteiger partial charge in [0.05, 0.1) is 11.1 Å². The maximum atomic E-state index is 14.6. The highest BCUT2D eigenvalue weighted by Crippen LogP contribution is 2.36. The van der Waals surface area contributed by atoms with Gasteiger partial charge in [0.1, 0.15) is 17.2 Å². The van der Waals surface area contributed by atoms with Crippen LogP contribution < -0.4 is 14.2 Å². The Bertz CT molecular complexity index is 1130. The molecule has 0 radical (unpaired) electrons. The number of halogens is 7. The lowest BCUT2D eigenvalue weighted by atomic mass is 10.0. The molecule has 0 aliphatic heterocycles. The van der Waals surface area contributed by atoms with Gasteiger partial charge in [0.15, 0.2) is 0 Å². The molecular formula is C28H27F7O3. The normalized spacial score (nSPS) is 12.3. The van der Waals surface area contributed by atoms with E-state index in [9.17, 15) is 30.7 Å². The Hall–Kier alpha value is -3.43. The van der Waals surface area contributed by atoms with Crippen LogP contribution in [-0.4, -0.2) is 6.36 Å². The summed E-state index contributed by atoms with van der Waals surface area (Å²) in [5.74, 6) is -1.38. The zero-order valence-electron chi connectivity index (χ0n) is 20.5. The Morgan fingerprint density at radius 2 is 0.895 bits per heavy atom. The van der Waals surface area contributed by atoms with E-state index < -0.39 is 35.6 Å². The quantitative estimate of drug-likeness (QED) is 0.159. The minimum atomic E-state index is -4.93. The van der Waals surface area contributed by atoms with Crippen LogP contribution in [-0.2, 0) is 18.6 Å². The Labute approximate surface area is 216 Å². The molecule has 3 rings (SSSR count). The van der Waals surface area contributed by atoms with Crippen molar-refractivity contribution in [2.45, 2.75) is 64.0 Å². The van der Waals surface area contributed by atoms with Crippen molar-refractivity contribution >= 4 is 0 Å². The van der Waals surface area contributed by atoms with Gasteiger partial charge >= 0.3 is 18.6 Å². The first-order valence-corrected chi connectivity index (χ1v) is 12.1. The summed E-state index contributed by atoms with van der Waals surface area (Å²) >= 11 is 0. The fraction of sp³-hybridized carbons (Fsp3) is 0.357. The maximum absolute atomic E-state index is 14.6. The lowest BCUT2D eigenvalue weighted by Gasteiger charge is -2.21. The fourth-order valence-electron chi connectivity index (χ4n) is 3.64. The molecule has 0 atom stereocenters. The second kappa shape index (κ2) is 12.4. The highest BCUT2D eigenvalue weighted by molar-refractivity contribution is 5.34. The molecule has 38 heavy (non-hydrogen) atoms. The summed E-state index contributed by atoms with van der Waals surface area (Å²) in [5, 5.41) is 0. The van der Waals surface area contributed by atoms with Crippen LogP contribution in [0.1, 0.15) is 55.7 Å². The zero-order valence-corrected chi connectivity index (χ0v) is 20.5. The topological polar surface area (TPSA) is 27.7 Å². The number of ether oxygens (including phenoxy) is 3. The molecule has 0 spiro atoms. The highest BCUT2D eigenvalue weighted by atomic mass is 19.4. The van der Waals surface area contributed by atoms with Gasteiger partial charge in [-0.25, -0.2) is 0 Å². The Kier molecular flexibility index (Phi) is 9.51. The number of hydrogen-bond acceptors (Lipinski definition) is 3. The number of benzene rings is 3. The number of rotatable bonds is 13. The summed E-state index contributed by atoms with van der Waals surface area (Å²) in [5.41, 5.74) is -0.106. The molecule has 0 saturated heterocycles. The number of unbranched alkanes of at least 4 members (excludes halogenated alkanes) is 4. The monoisotopic (exact) mass is 544 g/mol. The molecule has 10 heteroatoms. The average molecular weight is 545 g/mol. The third-order valence-electron chi connectivity index (χ3n) is 5.60. The van der Waals surface area contributed by atoms with E-state index in [2.05, 4.69) is 16.4 Å². The van der Waals surface area contributed by atoms with Gasteiger partial charge in [-0.15, -0.1) is 13.2 Å². The van der Waals surface area contributed by atoms with E-state index in [1.54, 1.807) is 12.1 Å². The molecule has 0 N–H and O–H groups in total. The van der Waals surface area contributed by atoms with E-state index in [0.29, 0.717) is 0 Å². The summed E-state index contributed by atoms with van der Waals surface area (Å²) in [6.07, 6.45) is -6.21. The number of alkyl halides is 7. The molecule has 3 nitrogen and oxygen atoms in total. The van der Waals surface area contributed by atoms with Gasteiger partial charge in [-0.3, -0.25) is 0 Å². The van der Waals surface area contributed by atoms with Gasteiger partial charge in [-0.1, -0.05) is 44.7 Å². The van der Waals surface area contributed by atoms with E-state index in [-0.39, 0.29) is 11.3 Å². The van der Waals surface area contributed by atoms with Crippen molar-refractivity contribution in [1.82, 2.24) is 0 Å². The van der Waals surface area contributed by atoms with E-state index in [4.69, 9.17) is 4.74 Å². The molecule has 0 saturated carbocycles. The third kappa shape index (κ3) is 8.85. The predicted octanol–water partition coefficient (Wildman–Crippen LogP) is 9.35. The predicted molar refractivity (Wildman–Crippen MR) is 128 cm³/mol. The lowest BCUT2D eigenvalue weighted by molar-refractivity contribution is -0.274. The van der Waals surface area contributed by atoms with E-state index >= 15 is 0 Å². The summed E-state index contributed by atoms with van der Waals surface area (Å²) in [6.45, 7) is 2.13. The number of hydrogen-bond donors (Lipinski definition) is 0. The van der Waals surface area contributed by atoms with Crippen molar-refractivity contribution < 1.29 is 44.9 Å². The van der Waals surface area contributed by atoms with Crippen LogP contribution in [0.15, 0.2) is 72.8 Å². The van der Waals surface area contributed by atoms with Crippen LogP contribution >= 0.6 is 0 Å². The Balaban J connectivity index is 1.58. The zero-order chi connectivity index (χ0) is 27.8. The first kappa shape index (κ1) is 29.1. The van der Waals surface area contributed by atoms with Crippen molar-refractivity contribution in [3.05, 3.63) is 89.5 Å². The van der Waals surface area contributed by atoms with Crippen molar-refractivity contribution in [1.29, 1.82) is 0 Å². The van der Waals surface area contributed by atoms with E-state index in [0.717, 1.165) is 86.2 Å². The first-order chi connectivity index (χ1) is 17.9. The smallest absolute Gasteiger partial charge is 0.429 e. The molecule has 0 aliphatic rings. The van der Waals surface area contributed by atoms with Gasteiger partial charge < -0.3 is 14.2 Å². The highest BCUT2D eigenvalue weighted by Gasteiger charge is 2.37. The van der Waals surface area contributed by atoms with Gasteiger partial charge in [0.2, 0.25) is 0 Å².